The van der Waals surface area contributed by atoms with Gasteiger partial charge in [-0.2, -0.15) is 0 Å². The summed E-state index contributed by atoms with van der Waals surface area (Å²) in [6.07, 6.45) is 2.09. The van der Waals surface area contributed by atoms with Gasteiger partial charge < -0.3 is 9.47 Å². The van der Waals surface area contributed by atoms with Gasteiger partial charge in [0.2, 0.25) is 0 Å². The van der Waals surface area contributed by atoms with Crippen LogP contribution in [0.5, 0.6) is 0 Å². The Bertz CT molecular complexity index is 618. The van der Waals surface area contributed by atoms with Crippen LogP contribution in [0.25, 0.3) is 0 Å². The van der Waals surface area contributed by atoms with Gasteiger partial charge in [-0.05, 0) is 29.9 Å². The molecule has 0 N–H and O–H groups in total. The van der Waals surface area contributed by atoms with Crippen LogP contribution < -0.4 is 0 Å². The van der Waals surface area contributed by atoms with Crippen molar-refractivity contribution in [2.24, 2.45) is 11.3 Å². The Morgan fingerprint density at radius 2 is 1.36 bits per heavy atom. The van der Waals surface area contributed by atoms with E-state index in [1.54, 1.807) is 0 Å². The molecule has 0 aromatic heterocycles. The average Bonchev–Trinajstić information content (AvgIpc) is 2.91. The van der Waals surface area contributed by atoms with Crippen molar-refractivity contribution in [2.45, 2.75) is 33.0 Å². The van der Waals surface area contributed by atoms with E-state index in [2.05, 4.69) is 62.0 Å². The van der Waals surface area contributed by atoms with Gasteiger partial charge >= 0.3 is 0 Å². The third-order valence-electron chi connectivity index (χ3n) is 5.08. The van der Waals surface area contributed by atoms with Crippen LogP contribution >= 0.6 is 0 Å². The van der Waals surface area contributed by atoms with Gasteiger partial charge in [-0.25, -0.2) is 0 Å². The molecule has 3 rings (SSSR count). The maximum Gasteiger partial charge on any atom is 0.0717 e. The first-order valence-corrected chi connectivity index (χ1v) is 9.08. The van der Waals surface area contributed by atoms with Crippen molar-refractivity contribution in [1.29, 1.82) is 0 Å². The van der Waals surface area contributed by atoms with Gasteiger partial charge in [0.25, 0.3) is 0 Å². The van der Waals surface area contributed by atoms with Crippen molar-refractivity contribution in [2.75, 3.05) is 13.2 Å². The molecule has 2 heteroatoms. The van der Waals surface area contributed by atoms with Gasteiger partial charge in [-0.3, -0.25) is 0 Å². The quantitative estimate of drug-likeness (QED) is 0.602. The van der Waals surface area contributed by atoms with E-state index in [0.717, 1.165) is 26.1 Å². The molecule has 0 heterocycles. The second-order valence-electron chi connectivity index (χ2n) is 7.40. The average molecular weight is 336 g/mol. The Morgan fingerprint density at radius 3 is 1.76 bits per heavy atom. The van der Waals surface area contributed by atoms with Gasteiger partial charge in [0, 0.05) is 5.41 Å². The number of rotatable bonds is 8. The topological polar surface area (TPSA) is 18.5 Å². The monoisotopic (exact) mass is 336 g/mol. The SMILES string of the molecule is C=C1CC(COCc2ccccc2)(COCc2ccccc2)CC1C. The summed E-state index contributed by atoms with van der Waals surface area (Å²) in [5.41, 5.74) is 3.81. The molecule has 0 radical (unpaired) electrons. The van der Waals surface area contributed by atoms with Crippen LogP contribution in [-0.2, 0) is 22.7 Å². The molecule has 1 aliphatic carbocycles. The molecule has 1 aliphatic rings. The highest BCUT2D eigenvalue weighted by Crippen LogP contribution is 2.45. The van der Waals surface area contributed by atoms with Crippen LogP contribution in [0.3, 0.4) is 0 Å². The van der Waals surface area contributed by atoms with Crippen LogP contribution in [0.2, 0.25) is 0 Å². The van der Waals surface area contributed by atoms with E-state index in [-0.39, 0.29) is 5.41 Å². The smallest absolute Gasteiger partial charge is 0.0717 e. The molecule has 0 aliphatic heterocycles. The molecule has 0 bridgehead atoms. The summed E-state index contributed by atoms with van der Waals surface area (Å²) in [6.45, 7) is 9.27. The number of ether oxygens (including phenoxy) is 2. The fraction of sp³-hybridized carbons (Fsp3) is 0.391. The number of allylic oxidation sites excluding steroid dienone is 1. The highest BCUT2D eigenvalue weighted by molar-refractivity contribution is 5.15. The van der Waals surface area contributed by atoms with E-state index < -0.39 is 0 Å². The Labute approximate surface area is 151 Å². The normalized spacial score (nSPS) is 19.2. The lowest BCUT2D eigenvalue weighted by Gasteiger charge is -2.29. The van der Waals surface area contributed by atoms with Crippen molar-refractivity contribution >= 4 is 0 Å². The summed E-state index contributed by atoms with van der Waals surface area (Å²) in [5.74, 6) is 0.542. The lowest BCUT2D eigenvalue weighted by molar-refractivity contribution is -0.0304. The van der Waals surface area contributed by atoms with Gasteiger partial charge in [-0.1, -0.05) is 79.7 Å². The second-order valence-corrected chi connectivity index (χ2v) is 7.40. The number of benzene rings is 2. The van der Waals surface area contributed by atoms with Crippen LogP contribution in [0, 0.1) is 11.3 Å². The van der Waals surface area contributed by atoms with Crippen LogP contribution in [0.15, 0.2) is 72.8 Å². The third kappa shape index (κ3) is 5.04. The van der Waals surface area contributed by atoms with E-state index in [4.69, 9.17) is 9.47 Å². The molecule has 1 atom stereocenters. The molecule has 2 aromatic carbocycles. The van der Waals surface area contributed by atoms with E-state index in [1.807, 2.05) is 12.1 Å². The molecule has 132 valence electrons. The molecular formula is C23H28O2. The molecular weight excluding hydrogens is 308 g/mol. The molecule has 25 heavy (non-hydrogen) atoms. The van der Waals surface area contributed by atoms with Crippen molar-refractivity contribution in [3.63, 3.8) is 0 Å². The lowest BCUT2D eigenvalue weighted by atomic mass is 9.87. The minimum atomic E-state index is 0.0556. The summed E-state index contributed by atoms with van der Waals surface area (Å²) in [7, 11) is 0. The first-order chi connectivity index (χ1) is 12.2. The maximum atomic E-state index is 6.09. The van der Waals surface area contributed by atoms with Gasteiger partial charge in [0.05, 0.1) is 26.4 Å². The lowest BCUT2D eigenvalue weighted by Crippen LogP contribution is -2.30. The predicted molar refractivity (Wildman–Crippen MR) is 102 cm³/mol. The zero-order chi connectivity index (χ0) is 17.5. The van der Waals surface area contributed by atoms with Crippen molar-refractivity contribution < 1.29 is 9.47 Å². The second kappa shape index (κ2) is 8.46. The predicted octanol–water partition coefficient (Wildman–Crippen LogP) is 5.39. The highest BCUT2D eigenvalue weighted by Gasteiger charge is 2.40. The first-order valence-electron chi connectivity index (χ1n) is 9.08. The summed E-state index contributed by atoms with van der Waals surface area (Å²) >= 11 is 0. The Morgan fingerprint density at radius 1 is 0.880 bits per heavy atom. The zero-order valence-electron chi connectivity index (χ0n) is 15.1. The van der Waals surface area contributed by atoms with Crippen LogP contribution in [0.1, 0.15) is 30.9 Å². The van der Waals surface area contributed by atoms with E-state index in [9.17, 15) is 0 Å². The van der Waals surface area contributed by atoms with Crippen molar-refractivity contribution in [1.82, 2.24) is 0 Å². The van der Waals surface area contributed by atoms with Crippen LogP contribution in [0.4, 0.5) is 0 Å². The Hall–Kier alpha value is -1.90. The standard InChI is InChI=1S/C23H28O2/c1-19-13-23(14-20(19)2,17-24-15-21-9-5-3-6-10-21)18-25-16-22-11-7-4-8-12-22/h3-12,20H,1,13-18H2,2H3. The van der Waals surface area contributed by atoms with E-state index >= 15 is 0 Å². The van der Waals surface area contributed by atoms with Crippen molar-refractivity contribution in [3.05, 3.63) is 83.9 Å². The summed E-state index contributed by atoms with van der Waals surface area (Å²) < 4.78 is 12.2. The largest absolute Gasteiger partial charge is 0.376 e. The summed E-state index contributed by atoms with van der Waals surface area (Å²) in [4.78, 5) is 0. The van der Waals surface area contributed by atoms with Gasteiger partial charge in [0.1, 0.15) is 0 Å². The molecule has 1 fully saturated rings. The summed E-state index contributed by atoms with van der Waals surface area (Å²) in [5, 5.41) is 0. The van der Waals surface area contributed by atoms with E-state index in [0.29, 0.717) is 19.1 Å². The summed E-state index contributed by atoms with van der Waals surface area (Å²) in [6, 6.07) is 20.7. The fourth-order valence-electron chi connectivity index (χ4n) is 3.70. The zero-order valence-corrected chi connectivity index (χ0v) is 15.1. The Kier molecular flexibility index (Phi) is 6.06. The minimum absolute atomic E-state index is 0.0556. The fourth-order valence-corrected chi connectivity index (χ4v) is 3.70. The number of hydrogen-bond donors (Lipinski definition) is 0. The van der Waals surface area contributed by atoms with Crippen molar-refractivity contribution in [3.8, 4) is 0 Å². The Balaban J connectivity index is 1.55. The molecule has 1 unspecified atom stereocenters. The minimum Gasteiger partial charge on any atom is -0.376 e. The molecule has 1 saturated carbocycles. The van der Waals surface area contributed by atoms with E-state index in [1.165, 1.54) is 16.7 Å². The van der Waals surface area contributed by atoms with Gasteiger partial charge in [0.15, 0.2) is 0 Å². The maximum absolute atomic E-state index is 6.09. The molecule has 0 amide bonds. The molecule has 2 aromatic rings. The van der Waals surface area contributed by atoms with Crippen LogP contribution in [-0.4, -0.2) is 13.2 Å². The first kappa shape index (κ1) is 17.9. The highest BCUT2D eigenvalue weighted by atomic mass is 16.5. The molecule has 0 saturated heterocycles. The molecule has 0 spiro atoms. The van der Waals surface area contributed by atoms with Gasteiger partial charge in [-0.15, -0.1) is 0 Å². The molecule has 2 nitrogen and oxygen atoms in total. The number of hydrogen-bond acceptors (Lipinski definition) is 2. The third-order valence-corrected chi connectivity index (χ3v) is 5.08.